The normalized spacial score (nSPS) is 11.3. The Morgan fingerprint density at radius 3 is 1.93 bits per heavy atom. The molecule has 2 aromatic heterocycles. The summed E-state index contributed by atoms with van der Waals surface area (Å²) in [4.78, 5) is 4.39. The molecule has 29 heavy (non-hydrogen) atoms. The van der Waals surface area contributed by atoms with Crippen LogP contribution in [0.2, 0.25) is 0 Å². The maximum atomic E-state index is 5.95. The molecule has 0 unspecified atom stereocenters. The van der Waals surface area contributed by atoms with E-state index in [0.29, 0.717) is 5.75 Å². The maximum Gasteiger partial charge on any atom is 0.153 e. The fourth-order valence-electron chi connectivity index (χ4n) is 3.22. The Hall–Kier alpha value is -3.60. The summed E-state index contributed by atoms with van der Waals surface area (Å²) in [5.74, 6) is 3.07. The fraction of sp³-hybridized carbons (Fsp3) is 0.167. The number of ether oxygens (including phenoxy) is 2. The predicted molar refractivity (Wildman–Crippen MR) is 113 cm³/mol. The molecule has 0 saturated carbocycles. The van der Waals surface area contributed by atoms with Crippen LogP contribution in [0.25, 0.3) is 5.82 Å². The fourth-order valence-corrected chi connectivity index (χ4v) is 3.22. The topological polar surface area (TPSA) is 49.2 Å². The van der Waals surface area contributed by atoms with Crippen molar-refractivity contribution in [2.45, 2.75) is 19.3 Å². The van der Waals surface area contributed by atoms with Gasteiger partial charge in [0.2, 0.25) is 0 Å². The van der Waals surface area contributed by atoms with Gasteiger partial charge in [0, 0.05) is 17.8 Å². The highest BCUT2D eigenvalue weighted by Gasteiger charge is 2.23. The Labute approximate surface area is 170 Å². The third-order valence-corrected chi connectivity index (χ3v) is 5.08. The van der Waals surface area contributed by atoms with E-state index < -0.39 is 0 Å². The Morgan fingerprint density at radius 1 is 0.793 bits per heavy atom. The maximum absolute atomic E-state index is 5.95. The zero-order valence-corrected chi connectivity index (χ0v) is 16.7. The second-order valence-electron chi connectivity index (χ2n) is 7.28. The van der Waals surface area contributed by atoms with Crippen LogP contribution in [0.15, 0.2) is 85.3 Å². The minimum atomic E-state index is -0.127. The second kappa shape index (κ2) is 7.80. The summed E-state index contributed by atoms with van der Waals surface area (Å²) in [7, 11) is 1.68. The molecule has 0 saturated heterocycles. The molecule has 0 N–H and O–H groups in total. The van der Waals surface area contributed by atoms with Gasteiger partial charge in [-0.2, -0.15) is 5.10 Å². The zero-order chi connectivity index (χ0) is 20.3. The minimum Gasteiger partial charge on any atom is -0.497 e. The average Bonchev–Trinajstić information content (AvgIpc) is 3.30. The molecule has 5 heteroatoms. The molecule has 146 valence electrons. The van der Waals surface area contributed by atoms with Gasteiger partial charge in [0.1, 0.15) is 17.2 Å². The highest BCUT2D eigenvalue weighted by atomic mass is 16.5. The van der Waals surface area contributed by atoms with Gasteiger partial charge in [-0.1, -0.05) is 38.1 Å². The molecule has 0 aliphatic carbocycles. The molecule has 2 heterocycles. The molecule has 0 bridgehead atoms. The van der Waals surface area contributed by atoms with Crippen LogP contribution in [0, 0.1) is 0 Å². The Bertz CT molecular complexity index is 1050. The molecule has 0 radical (unpaired) electrons. The lowest BCUT2D eigenvalue weighted by Gasteiger charge is -2.26. The Kier molecular flexibility index (Phi) is 5.04. The summed E-state index contributed by atoms with van der Waals surface area (Å²) in [5, 5.41) is 4.17. The molecule has 0 aliphatic heterocycles. The minimum absolute atomic E-state index is 0.127. The van der Waals surface area contributed by atoms with Crippen LogP contribution in [-0.2, 0) is 5.41 Å². The van der Waals surface area contributed by atoms with Gasteiger partial charge in [0.25, 0.3) is 0 Å². The summed E-state index contributed by atoms with van der Waals surface area (Å²) in [6.45, 7) is 4.42. The van der Waals surface area contributed by atoms with Gasteiger partial charge in [0.15, 0.2) is 5.82 Å². The zero-order valence-electron chi connectivity index (χ0n) is 16.7. The second-order valence-corrected chi connectivity index (χ2v) is 7.28. The lowest BCUT2D eigenvalue weighted by Crippen LogP contribution is -2.18. The van der Waals surface area contributed by atoms with Gasteiger partial charge < -0.3 is 9.47 Å². The van der Waals surface area contributed by atoms with Gasteiger partial charge in [-0.25, -0.2) is 9.67 Å². The van der Waals surface area contributed by atoms with Crippen molar-refractivity contribution in [2.75, 3.05) is 7.11 Å². The third-order valence-electron chi connectivity index (χ3n) is 5.08. The summed E-state index contributed by atoms with van der Waals surface area (Å²) < 4.78 is 12.9. The summed E-state index contributed by atoms with van der Waals surface area (Å²) in [6.07, 6.45) is 5.28. The molecule has 4 rings (SSSR count). The molecule has 0 fully saturated rings. The number of hydrogen-bond donors (Lipinski definition) is 0. The monoisotopic (exact) mass is 385 g/mol. The van der Waals surface area contributed by atoms with Crippen molar-refractivity contribution in [3.05, 3.63) is 96.4 Å². The largest absolute Gasteiger partial charge is 0.497 e. The number of hydrogen-bond acceptors (Lipinski definition) is 4. The van der Waals surface area contributed by atoms with Crippen molar-refractivity contribution in [2.24, 2.45) is 0 Å². The standard InChI is InChI=1S/C24H23N3O2/c1-24(2,18-5-9-20(28-3)10-6-18)19-7-11-21(12-8-19)29-22-13-14-23(25-17-22)27-16-4-15-26-27/h4-17H,1-3H3. The molecule has 2 aromatic carbocycles. The van der Waals surface area contributed by atoms with Crippen LogP contribution < -0.4 is 9.47 Å². The lowest BCUT2D eigenvalue weighted by atomic mass is 9.78. The number of aromatic nitrogens is 3. The summed E-state index contributed by atoms with van der Waals surface area (Å²) in [5.41, 5.74) is 2.31. The van der Waals surface area contributed by atoms with Crippen molar-refractivity contribution in [3.8, 4) is 23.1 Å². The molecule has 5 nitrogen and oxygen atoms in total. The Morgan fingerprint density at radius 2 is 1.41 bits per heavy atom. The molecule has 4 aromatic rings. The van der Waals surface area contributed by atoms with E-state index in [-0.39, 0.29) is 5.41 Å². The number of nitrogens with zero attached hydrogens (tertiary/aromatic N) is 3. The van der Waals surface area contributed by atoms with Crippen LogP contribution in [0.1, 0.15) is 25.0 Å². The Balaban J connectivity index is 1.48. The van der Waals surface area contributed by atoms with Crippen molar-refractivity contribution in [1.82, 2.24) is 14.8 Å². The molecule has 0 atom stereocenters. The number of pyridine rings is 1. The van der Waals surface area contributed by atoms with Gasteiger partial charge in [-0.05, 0) is 53.6 Å². The van der Waals surface area contributed by atoms with Crippen LogP contribution in [0.4, 0.5) is 0 Å². The van der Waals surface area contributed by atoms with Crippen LogP contribution in [0.5, 0.6) is 17.2 Å². The van der Waals surface area contributed by atoms with Gasteiger partial charge in [-0.3, -0.25) is 0 Å². The highest BCUT2D eigenvalue weighted by molar-refractivity contribution is 5.42. The molecular weight excluding hydrogens is 362 g/mol. The van der Waals surface area contributed by atoms with Crippen LogP contribution in [0.3, 0.4) is 0 Å². The van der Waals surface area contributed by atoms with E-state index in [0.717, 1.165) is 17.3 Å². The predicted octanol–water partition coefficient (Wildman–Crippen LogP) is 5.39. The lowest BCUT2D eigenvalue weighted by molar-refractivity contribution is 0.414. The molecular formula is C24H23N3O2. The SMILES string of the molecule is COc1ccc(C(C)(C)c2ccc(Oc3ccc(-n4cccn4)nc3)cc2)cc1. The van der Waals surface area contributed by atoms with E-state index in [1.54, 1.807) is 24.2 Å². The number of rotatable bonds is 6. The van der Waals surface area contributed by atoms with Crippen molar-refractivity contribution < 1.29 is 9.47 Å². The summed E-state index contributed by atoms with van der Waals surface area (Å²) in [6, 6.07) is 22.0. The van der Waals surface area contributed by atoms with Crippen LogP contribution in [-0.4, -0.2) is 21.9 Å². The number of benzene rings is 2. The van der Waals surface area contributed by atoms with E-state index in [1.807, 2.05) is 48.7 Å². The van der Waals surface area contributed by atoms with Crippen molar-refractivity contribution in [3.63, 3.8) is 0 Å². The van der Waals surface area contributed by atoms with Crippen molar-refractivity contribution in [1.29, 1.82) is 0 Å². The third kappa shape index (κ3) is 3.99. The smallest absolute Gasteiger partial charge is 0.153 e. The van der Waals surface area contributed by atoms with Crippen LogP contribution >= 0.6 is 0 Å². The van der Waals surface area contributed by atoms with Gasteiger partial charge in [0.05, 0.1) is 13.3 Å². The van der Waals surface area contributed by atoms with Crippen molar-refractivity contribution >= 4 is 0 Å². The highest BCUT2D eigenvalue weighted by Crippen LogP contribution is 2.34. The van der Waals surface area contributed by atoms with Gasteiger partial charge >= 0.3 is 0 Å². The molecule has 0 aliphatic rings. The number of methoxy groups -OCH3 is 1. The first-order valence-electron chi connectivity index (χ1n) is 9.45. The van der Waals surface area contributed by atoms with E-state index in [1.165, 1.54) is 11.1 Å². The van der Waals surface area contributed by atoms with E-state index >= 15 is 0 Å². The molecule has 0 amide bonds. The summed E-state index contributed by atoms with van der Waals surface area (Å²) >= 11 is 0. The molecule has 0 spiro atoms. The quantitative estimate of drug-likeness (QED) is 0.446. The average molecular weight is 385 g/mol. The van der Waals surface area contributed by atoms with Gasteiger partial charge in [-0.15, -0.1) is 0 Å². The van der Waals surface area contributed by atoms with E-state index in [9.17, 15) is 0 Å². The first-order valence-corrected chi connectivity index (χ1v) is 9.45. The van der Waals surface area contributed by atoms with E-state index in [4.69, 9.17) is 9.47 Å². The van der Waals surface area contributed by atoms with E-state index in [2.05, 4.69) is 48.2 Å². The first-order chi connectivity index (χ1) is 14.1. The first kappa shape index (κ1) is 18.7.